The molecule has 0 bridgehead atoms. The fraction of sp³-hybridized carbons (Fsp3) is 0.375. The SMILES string of the molecule is CCn1cc(C(NN)c2cnsn2)cn1. The highest BCUT2D eigenvalue weighted by Gasteiger charge is 2.16. The summed E-state index contributed by atoms with van der Waals surface area (Å²) in [7, 11) is 0. The molecule has 0 aliphatic carbocycles. The van der Waals surface area contributed by atoms with Gasteiger partial charge in [0.05, 0.1) is 35.9 Å². The van der Waals surface area contributed by atoms with Crippen molar-refractivity contribution >= 4 is 11.7 Å². The smallest absolute Gasteiger partial charge is 0.0971 e. The number of nitrogens with zero attached hydrogens (tertiary/aromatic N) is 4. The van der Waals surface area contributed by atoms with Crippen LogP contribution in [0.2, 0.25) is 0 Å². The van der Waals surface area contributed by atoms with Gasteiger partial charge in [-0.15, -0.1) is 0 Å². The quantitative estimate of drug-likeness (QED) is 0.577. The van der Waals surface area contributed by atoms with E-state index in [0.717, 1.165) is 17.8 Å². The van der Waals surface area contributed by atoms with Crippen molar-refractivity contribution < 1.29 is 0 Å². The molecule has 0 aliphatic heterocycles. The highest BCUT2D eigenvalue weighted by atomic mass is 32.1. The third kappa shape index (κ3) is 2.04. The Morgan fingerprint density at radius 2 is 2.47 bits per heavy atom. The Hall–Kier alpha value is -1.31. The molecule has 3 N–H and O–H groups in total. The molecule has 2 aromatic heterocycles. The molecule has 0 radical (unpaired) electrons. The third-order valence-electron chi connectivity index (χ3n) is 2.15. The van der Waals surface area contributed by atoms with Crippen LogP contribution in [-0.2, 0) is 6.54 Å². The lowest BCUT2D eigenvalue weighted by atomic mass is 10.1. The van der Waals surface area contributed by atoms with Crippen LogP contribution in [-0.4, -0.2) is 18.5 Å². The van der Waals surface area contributed by atoms with Crippen LogP contribution < -0.4 is 11.3 Å². The van der Waals surface area contributed by atoms with Crippen LogP contribution in [0.1, 0.15) is 24.2 Å². The lowest BCUT2D eigenvalue weighted by molar-refractivity contribution is 0.620. The van der Waals surface area contributed by atoms with Gasteiger partial charge in [0, 0.05) is 18.3 Å². The molecule has 0 aromatic carbocycles. The van der Waals surface area contributed by atoms with Gasteiger partial charge in [0.15, 0.2) is 0 Å². The van der Waals surface area contributed by atoms with Crippen LogP contribution in [0.25, 0.3) is 0 Å². The number of aromatic nitrogens is 4. The summed E-state index contributed by atoms with van der Waals surface area (Å²) in [5, 5.41) is 4.19. The van der Waals surface area contributed by atoms with Crippen molar-refractivity contribution in [2.24, 2.45) is 5.84 Å². The highest BCUT2D eigenvalue weighted by Crippen LogP contribution is 2.18. The van der Waals surface area contributed by atoms with E-state index >= 15 is 0 Å². The van der Waals surface area contributed by atoms with Gasteiger partial charge in [0.25, 0.3) is 0 Å². The minimum absolute atomic E-state index is 0.135. The van der Waals surface area contributed by atoms with Crippen LogP contribution in [0.3, 0.4) is 0 Å². The maximum atomic E-state index is 5.50. The zero-order chi connectivity index (χ0) is 10.7. The zero-order valence-electron chi connectivity index (χ0n) is 8.29. The van der Waals surface area contributed by atoms with E-state index in [1.165, 1.54) is 11.7 Å². The first-order valence-corrected chi connectivity index (χ1v) is 5.34. The van der Waals surface area contributed by atoms with Crippen molar-refractivity contribution in [2.45, 2.75) is 19.5 Å². The Labute approximate surface area is 91.4 Å². The number of hydrogen-bond donors (Lipinski definition) is 2. The van der Waals surface area contributed by atoms with Crippen LogP contribution >= 0.6 is 11.7 Å². The molecular formula is C8H12N6S. The highest BCUT2D eigenvalue weighted by molar-refractivity contribution is 6.99. The lowest BCUT2D eigenvalue weighted by Crippen LogP contribution is -2.28. The fourth-order valence-corrected chi connectivity index (χ4v) is 1.80. The van der Waals surface area contributed by atoms with E-state index in [9.17, 15) is 0 Å². The Bertz CT molecular complexity index is 408. The predicted molar refractivity (Wildman–Crippen MR) is 57.0 cm³/mol. The molecule has 1 unspecified atom stereocenters. The second kappa shape index (κ2) is 4.47. The second-order valence-corrected chi connectivity index (χ2v) is 3.62. The molecule has 80 valence electrons. The Morgan fingerprint density at radius 3 is 3.00 bits per heavy atom. The summed E-state index contributed by atoms with van der Waals surface area (Å²) in [6.45, 7) is 2.87. The average molecular weight is 224 g/mol. The van der Waals surface area contributed by atoms with Gasteiger partial charge >= 0.3 is 0 Å². The second-order valence-electron chi connectivity index (χ2n) is 3.06. The first-order valence-electron chi connectivity index (χ1n) is 4.61. The molecule has 0 saturated carbocycles. The Balaban J connectivity index is 2.27. The largest absolute Gasteiger partial charge is 0.273 e. The third-order valence-corrected chi connectivity index (χ3v) is 2.64. The van der Waals surface area contributed by atoms with Crippen LogP contribution in [0.15, 0.2) is 18.6 Å². The van der Waals surface area contributed by atoms with Gasteiger partial charge in [-0.1, -0.05) is 0 Å². The number of hydrazine groups is 1. The molecule has 0 saturated heterocycles. The summed E-state index contributed by atoms with van der Waals surface area (Å²) < 4.78 is 9.95. The number of hydrogen-bond acceptors (Lipinski definition) is 6. The van der Waals surface area contributed by atoms with Gasteiger partial charge in [0.1, 0.15) is 0 Å². The number of nitrogens with one attached hydrogen (secondary N) is 1. The van der Waals surface area contributed by atoms with E-state index in [-0.39, 0.29) is 6.04 Å². The summed E-state index contributed by atoms with van der Waals surface area (Å²) in [6, 6.07) is -0.135. The van der Waals surface area contributed by atoms with Gasteiger partial charge in [-0.3, -0.25) is 10.5 Å². The van der Waals surface area contributed by atoms with Crippen molar-refractivity contribution in [3.8, 4) is 0 Å². The molecule has 2 heterocycles. The molecule has 0 amide bonds. The van der Waals surface area contributed by atoms with Gasteiger partial charge in [0.2, 0.25) is 0 Å². The minimum atomic E-state index is -0.135. The van der Waals surface area contributed by atoms with E-state index in [0.29, 0.717) is 0 Å². The standard InChI is InChI=1S/C8H12N6S/c1-2-14-5-6(3-10-14)8(12-9)7-4-11-15-13-7/h3-5,8,12H,2,9H2,1H3. The number of nitrogens with two attached hydrogens (primary N) is 1. The van der Waals surface area contributed by atoms with E-state index in [4.69, 9.17) is 5.84 Å². The Morgan fingerprint density at radius 1 is 1.60 bits per heavy atom. The molecule has 0 fully saturated rings. The van der Waals surface area contributed by atoms with Crippen molar-refractivity contribution in [1.29, 1.82) is 0 Å². The molecular weight excluding hydrogens is 212 g/mol. The fourth-order valence-electron chi connectivity index (χ4n) is 1.35. The van der Waals surface area contributed by atoms with Crippen molar-refractivity contribution in [3.05, 3.63) is 29.8 Å². The monoisotopic (exact) mass is 224 g/mol. The van der Waals surface area contributed by atoms with E-state index < -0.39 is 0 Å². The molecule has 2 rings (SSSR count). The summed E-state index contributed by atoms with van der Waals surface area (Å²) in [5.41, 5.74) is 4.52. The zero-order valence-corrected chi connectivity index (χ0v) is 9.11. The van der Waals surface area contributed by atoms with Crippen molar-refractivity contribution in [3.63, 3.8) is 0 Å². The molecule has 2 aromatic rings. The summed E-state index contributed by atoms with van der Waals surface area (Å²) in [5.74, 6) is 5.50. The molecule has 7 heteroatoms. The normalized spacial score (nSPS) is 12.9. The first kappa shape index (κ1) is 10.2. The van der Waals surface area contributed by atoms with E-state index in [1.54, 1.807) is 12.4 Å². The molecule has 1 atom stereocenters. The summed E-state index contributed by atoms with van der Waals surface area (Å²) in [4.78, 5) is 0. The maximum absolute atomic E-state index is 5.50. The van der Waals surface area contributed by atoms with Crippen LogP contribution in [0, 0.1) is 0 Å². The van der Waals surface area contributed by atoms with E-state index in [2.05, 4.69) is 19.3 Å². The Kier molecular flexibility index (Phi) is 3.05. The summed E-state index contributed by atoms with van der Waals surface area (Å²) >= 11 is 1.17. The van der Waals surface area contributed by atoms with Crippen LogP contribution in [0.5, 0.6) is 0 Å². The molecule has 15 heavy (non-hydrogen) atoms. The molecule has 0 aliphatic rings. The molecule has 6 nitrogen and oxygen atoms in total. The minimum Gasteiger partial charge on any atom is -0.273 e. The van der Waals surface area contributed by atoms with Crippen molar-refractivity contribution in [1.82, 2.24) is 24.0 Å². The van der Waals surface area contributed by atoms with Gasteiger partial charge in [-0.25, -0.2) is 5.43 Å². The number of rotatable bonds is 4. The maximum Gasteiger partial charge on any atom is 0.0971 e. The van der Waals surface area contributed by atoms with Crippen molar-refractivity contribution in [2.75, 3.05) is 0 Å². The topological polar surface area (TPSA) is 81.7 Å². The van der Waals surface area contributed by atoms with Crippen LogP contribution in [0.4, 0.5) is 0 Å². The predicted octanol–water partition coefficient (Wildman–Crippen LogP) is 0.307. The average Bonchev–Trinajstić information content (AvgIpc) is 2.89. The van der Waals surface area contributed by atoms with Gasteiger partial charge < -0.3 is 0 Å². The number of aryl methyl sites for hydroxylation is 1. The van der Waals surface area contributed by atoms with Gasteiger partial charge in [-0.05, 0) is 6.92 Å². The first-order chi connectivity index (χ1) is 7.35. The summed E-state index contributed by atoms with van der Waals surface area (Å²) in [6.07, 6.45) is 5.44. The lowest BCUT2D eigenvalue weighted by Gasteiger charge is -2.09. The molecule has 0 spiro atoms. The van der Waals surface area contributed by atoms with Gasteiger partial charge in [-0.2, -0.15) is 13.8 Å². The van der Waals surface area contributed by atoms with E-state index in [1.807, 2.05) is 17.8 Å².